The molecule has 0 unspecified atom stereocenters. The molecule has 1 aliphatic heterocycles. The largest absolute Gasteiger partial charge is 0.490 e. The Morgan fingerprint density at radius 1 is 1.21 bits per heavy atom. The molecule has 3 nitrogen and oxygen atoms in total. The SMILES string of the molecule is CC(C)(N)Cc1cc2c(cc1C(F)F)OCCCO2. The minimum Gasteiger partial charge on any atom is -0.490 e. The summed E-state index contributed by atoms with van der Waals surface area (Å²) in [5.74, 6) is 0.924. The lowest BCUT2D eigenvalue weighted by Gasteiger charge is -2.22. The van der Waals surface area contributed by atoms with Crippen LogP contribution in [-0.4, -0.2) is 18.8 Å². The summed E-state index contributed by atoms with van der Waals surface area (Å²) in [6, 6.07) is 3.02. The second kappa shape index (κ2) is 5.33. The first kappa shape index (κ1) is 14.1. The Morgan fingerprint density at radius 3 is 2.32 bits per heavy atom. The van der Waals surface area contributed by atoms with Gasteiger partial charge in [0.15, 0.2) is 11.5 Å². The smallest absolute Gasteiger partial charge is 0.264 e. The molecule has 5 heteroatoms. The molecule has 0 saturated heterocycles. The summed E-state index contributed by atoms with van der Waals surface area (Å²) >= 11 is 0. The van der Waals surface area contributed by atoms with Crippen LogP contribution < -0.4 is 15.2 Å². The molecular formula is C14H19F2NO2. The quantitative estimate of drug-likeness (QED) is 0.919. The highest BCUT2D eigenvalue weighted by Crippen LogP contribution is 2.37. The van der Waals surface area contributed by atoms with E-state index in [1.807, 2.05) is 13.8 Å². The van der Waals surface area contributed by atoms with Crippen LogP contribution in [0.3, 0.4) is 0 Å². The highest BCUT2D eigenvalue weighted by atomic mass is 19.3. The van der Waals surface area contributed by atoms with Crippen molar-refractivity contribution in [2.45, 2.75) is 38.7 Å². The Balaban J connectivity index is 2.42. The van der Waals surface area contributed by atoms with Crippen LogP contribution in [0, 0.1) is 0 Å². The van der Waals surface area contributed by atoms with Crippen molar-refractivity contribution >= 4 is 0 Å². The molecule has 0 saturated carbocycles. The summed E-state index contributed by atoms with van der Waals surface area (Å²) in [5.41, 5.74) is 5.87. The zero-order valence-corrected chi connectivity index (χ0v) is 11.2. The van der Waals surface area contributed by atoms with Gasteiger partial charge in [0.25, 0.3) is 6.43 Å². The zero-order valence-electron chi connectivity index (χ0n) is 11.2. The molecule has 19 heavy (non-hydrogen) atoms. The van der Waals surface area contributed by atoms with Crippen molar-refractivity contribution in [3.63, 3.8) is 0 Å². The van der Waals surface area contributed by atoms with Gasteiger partial charge in [-0.15, -0.1) is 0 Å². The third-order valence-corrected chi connectivity index (χ3v) is 2.89. The molecule has 0 bridgehead atoms. The van der Waals surface area contributed by atoms with Crippen LogP contribution in [0.5, 0.6) is 11.5 Å². The molecule has 0 amide bonds. The van der Waals surface area contributed by atoms with Crippen molar-refractivity contribution in [1.29, 1.82) is 0 Å². The number of alkyl halides is 2. The Kier molecular flexibility index (Phi) is 3.94. The molecule has 0 aliphatic carbocycles. The molecule has 106 valence electrons. The van der Waals surface area contributed by atoms with Crippen LogP contribution in [0.15, 0.2) is 12.1 Å². The molecule has 1 heterocycles. The van der Waals surface area contributed by atoms with Crippen LogP contribution in [-0.2, 0) is 6.42 Å². The van der Waals surface area contributed by atoms with E-state index in [1.54, 1.807) is 6.07 Å². The maximum atomic E-state index is 13.1. The van der Waals surface area contributed by atoms with Crippen LogP contribution in [0.4, 0.5) is 8.78 Å². The summed E-state index contributed by atoms with van der Waals surface area (Å²) in [6.07, 6.45) is -1.44. The number of fused-ring (bicyclic) bond motifs is 1. The summed E-state index contributed by atoms with van der Waals surface area (Å²) in [6.45, 7) is 4.64. The Hall–Kier alpha value is -1.36. The van der Waals surface area contributed by atoms with Crippen molar-refractivity contribution in [2.75, 3.05) is 13.2 Å². The van der Waals surface area contributed by atoms with Crippen molar-refractivity contribution in [3.05, 3.63) is 23.3 Å². The molecule has 2 rings (SSSR count). The lowest BCUT2D eigenvalue weighted by atomic mass is 9.92. The van der Waals surface area contributed by atoms with E-state index in [1.165, 1.54) is 6.07 Å². The number of rotatable bonds is 3. The lowest BCUT2D eigenvalue weighted by molar-refractivity contribution is 0.149. The van der Waals surface area contributed by atoms with Crippen molar-refractivity contribution in [1.82, 2.24) is 0 Å². The minimum atomic E-state index is -2.55. The lowest BCUT2D eigenvalue weighted by Crippen LogP contribution is -2.34. The van der Waals surface area contributed by atoms with E-state index >= 15 is 0 Å². The first-order chi connectivity index (χ1) is 8.87. The van der Waals surface area contributed by atoms with E-state index < -0.39 is 12.0 Å². The minimum absolute atomic E-state index is 0.0252. The fraction of sp³-hybridized carbons (Fsp3) is 0.571. The number of benzene rings is 1. The Bertz CT molecular complexity index is 455. The van der Waals surface area contributed by atoms with Gasteiger partial charge in [-0.1, -0.05) is 0 Å². The molecule has 2 N–H and O–H groups in total. The molecule has 1 aliphatic rings. The summed E-state index contributed by atoms with van der Waals surface area (Å²) < 4.78 is 37.2. The van der Waals surface area contributed by atoms with E-state index in [-0.39, 0.29) is 5.56 Å². The van der Waals surface area contributed by atoms with Crippen molar-refractivity contribution in [3.8, 4) is 11.5 Å². The second-order valence-electron chi connectivity index (χ2n) is 5.51. The van der Waals surface area contributed by atoms with Gasteiger partial charge in [0, 0.05) is 17.5 Å². The van der Waals surface area contributed by atoms with Crippen LogP contribution >= 0.6 is 0 Å². The normalized spacial score (nSPS) is 15.5. The molecule has 0 radical (unpaired) electrons. The number of ether oxygens (including phenoxy) is 2. The van der Waals surface area contributed by atoms with E-state index in [0.29, 0.717) is 36.7 Å². The fourth-order valence-electron chi connectivity index (χ4n) is 2.11. The van der Waals surface area contributed by atoms with Gasteiger partial charge in [0.1, 0.15) is 0 Å². The molecule has 0 atom stereocenters. The highest BCUT2D eigenvalue weighted by Gasteiger charge is 2.23. The highest BCUT2D eigenvalue weighted by molar-refractivity contribution is 5.48. The third kappa shape index (κ3) is 3.56. The molecule has 0 spiro atoms. The maximum absolute atomic E-state index is 13.1. The molecule has 0 fully saturated rings. The summed E-state index contributed by atoms with van der Waals surface area (Å²) in [7, 11) is 0. The summed E-state index contributed by atoms with van der Waals surface area (Å²) in [5, 5.41) is 0. The van der Waals surface area contributed by atoms with Gasteiger partial charge in [-0.25, -0.2) is 8.78 Å². The van der Waals surface area contributed by atoms with E-state index in [9.17, 15) is 8.78 Å². The van der Waals surface area contributed by atoms with Crippen LogP contribution in [0.2, 0.25) is 0 Å². The maximum Gasteiger partial charge on any atom is 0.264 e. The van der Waals surface area contributed by atoms with Gasteiger partial charge >= 0.3 is 0 Å². The number of hydrogen-bond acceptors (Lipinski definition) is 3. The van der Waals surface area contributed by atoms with Gasteiger partial charge in [0.05, 0.1) is 13.2 Å². The van der Waals surface area contributed by atoms with Crippen molar-refractivity contribution < 1.29 is 18.3 Å². The average molecular weight is 271 g/mol. The predicted octanol–water partition coefficient (Wildman–Crippen LogP) is 3.07. The Labute approximate surface area is 111 Å². The van der Waals surface area contributed by atoms with Gasteiger partial charge < -0.3 is 15.2 Å². The van der Waals surface area contributed by atoms with Gasteiger partial charge in [-0.05, 0) is 38.0 Å². The van der Waals surface area contributed by atoms with Crippen LogP contribution in [0.25, 0.3) is 0 Å². The van der Waals surface area contributed by atoms with Crippen molar-refractivity contribution in [2.24, 2.45) is 5.73 Å². The van der Waals surface area contributed by atoms with E-state index in [0.717, 1.165) is 6.42 Å². The zero-order chi connectivity index (χ0) is 14.0. The van der Waals surface area contributed by atoms with Gasteiger partial charge in [0.2, 0.25) is 0 Å². The first-order valence-corrected chi connectivity index (χ1v) is 6.36. The molecular weight excluding hydrogens is 252 g/mol. The van der Waals surface area contributed by atoms with Gasteiger partial charge in [-0.3, -0.25) is 0 Å². The number of halogens is 2. The molecule has 1 aromatic rings. The average Bonchev–Trinajstić information content (AvgIpc) is 2.50. The van der Waals surface area contributed by atoms with E-state index in [2.05, 4.69) is 0 Å². The predicted molar refractivity (Wildman–Crippen MR) is 69.0 cm³/mol. The topological polar surface area (TPSA) is 44.5 Å². The van der Waals surface area contributed by atoms with Gasteiger partial charge in [-0.2, -0.15) is 0 Å². The molecule has 1 aromatic carbocycles. The molecule has 0 aromatic heterocycles. The number of hydrogen-bond donors (Lipinski definition) is 1. The summed E-state index contributed by atoms with van der Waals surface area (Å²) in [4.78, 5) is 0. The van der Waals surface area contributed by atoms with E-state index in [4.69, 9.17) is 15.2 Å². The standard InChI is InChI=1S/C14H19F2NO2/c1-14(2,17)8-9-6-11-12(7-10(9)13(15)16)19-5-3-4-18-11/h6-7,13H,3-5,8,17H2,1-2H3. The van der Waals surface area contributed by atoms with Crippen LogP contribution in [0.1, 0.15) is 37.8 Å². The third-order valence-electron chi connectivity index (χ3n) is 2.89. The first-order valence-electron chi connectivity index (χ1n) is 6.36. The monoisotopic (exact) mass is 271 g/mol. The fourth-order valence-corrected chi connectivity index (χ4v) is 2.11. The Morgan fingerprint density at radius 2 is 1.79 bits per heavy atom. The number of nitrogens with two attached hydrogens (primary N) is 1. The second-order valence-corrected chi connectivity index (χ2v) is 5.51.